The first-order valence-corrected chi connectivity index (χ1v) is 13.0. The fourth-order valence-corrected chi connectivity index (χ4v) is 7.22. The highest BCUT2D eigenvalue weighted by atomic mass is 32.2. The van der Waals surface area contributed by atoms with Crippen molar-refractivity contribution in [2.75, 3.05) is 19.7 Å². The molecule has 0 radical (unpaired) electrons. The second-order valence-electron chi connectivity index (χ2n) is 7.36. The molecule has 3 rings (SSSR count). The van der Waals surface area contributed by atoms with Gasteiger partial charge in [0, 0.05) is 18.8 Å². The third-order valence-corrected chi connectivity index (χ3v) is 9.01. The molecular weight excluding hydrogens is 453 g/mol. The van der Waals surface area contributed by atoms with Gasteiger partial charge in [-0.05, 0) is 48.4 Å². The minimum atomic E-state index is -0.804. The summed E-state index contributed by atoms with van der Waals surface area (Å²) in [5, 5.41) is 5.09. The first-order chi connectivity index (χ1) is 16.0. The lowest BCUT2D eigenvalue weighted by Gasteiger charge is -2.21. The molecule has 1 atom stereocenters. The lowest BCUT2D eigenvalue weighted by Crippen LogP contribution is -2.40. The van der Waals surface area contributed by atoms with E-state index in [0.29, 0.717) is 11.9 Å². The number of carbonyl (C=O) groups excluding carboxylic acids is 2. The van der Waals surface area contributed by atoms with E-state index < -0.39 is 14.0 Å². The van der Waals surface area contributed by atoms with Gasteiger partial charge in [0.2, 0.25) is 11.0 Å². The summed E-state index contributed by atoms with van der Waals surface area (Å²) in [6.07, 6.45) is 0.468. The molecule has 0 aliphatic carbocycles. The predicted molar refractivity (Wildman–Crippen MR) is 137 cm³/mol. The summed E-state index contributed by atoms with van der Waals surface area (Å²) in [4.78, 5) is 24.9. The number of nitrogens with one attached hydrogen (secondary N) is 1. The van der Waals surface area contributed by atoms with Gasteiger partial charge in [-0.3, -0.25) is 9.59 Å². The van der Waals surface area contributed by atoms with Gasteiger partial charge in [0.05, 0.1) is 14.2 Å². The van der Waals surface area contributed by atoms with Crippen molar-refractivity contribution in [3.8, 4) is 11.5 Å². The van der Waals surface area contributed by atoms with Crippen molar-refractivity contribution in [3.63, 3.8) is 0 Å². The average Bonchev–Trinajstić information content (AvgIpc) is 2.84. The number of hydrogen-bond acceptors (Lipinski definition) is 5. The predicted octanol–water partition coefficient (Wildman–Crippen LogP) is 4.10. The topological polar surface area (TPSA) is 64.6 Å². The number of ether oxygens (including phenoxy) is 2. The van der Waals surface area contributed by atoms with Crippen LogP contribution < -0.4 is 25.4 Å². The molecule has 0 aromatic heterocycles. The molecule has 3 aromatic carbocycles. The Kier molecular flexibility index (Phi) is 9.35. The summed E-state index contributed by atoms with van der Waals surface area (Å²) in [6, 6.07) is 25.1. The van der Waals surface area contributed by atoms with Gasteiger partial charge in [0.25, 0.3) is 0 Å². The van der Waals surface area contributed by atoms with Crippen LogP contribution in [0.4, 0.5) is 0 Å². The zero-order valence-electron chi connectivity index (χ0n) is 19.0. The molecule has 33 heavy (non-hydrogen) atoms. The summed E-state index contributed by atoms with van der Waals surface area (Å²) in [7, 11) is 2.48. The number of carbonyl (C=O) groups is 2. The normalized spacial score (nSPS) is 11.6. The highest BCUT2D eigenvalue weighted by Crippen LogP contribution is 2.39. The molecule has 7 heteroatoms. The molecule has 1 N–H and O–H groups in total. The number of rotatable bonds is 10. The minimum absolute atomic E-state index is 0.0384. The molecule has 0 heterocycles. The molecule has 0 saturated carbocycles. The quantitative estimate of drug-likeness (QED) is 0.442. The van der Waals surface area contributed by atoms with Crippen LogP contribution in [0.15, 0.2) is 78.9 Å². The Hall–Kier alpha value is -2.82. The van der Waals surface area contributed by atoms with Gasteiger partial charge in [-0.15, -0.1) is 0 Å². The Bertz CT molecular complexity index is 995. The van der Waals surface area contributed by atoms with Crippen LogP contribution >= 0.6 is 19.7 Å². The van der Waals surface area contributed by atoms with Crippen LogP contribution in [-0.2, 0) is 16.0 Å². The molecule has 0 bridgehead atoms. The molecule has 3 aromatic rings. The van der Waals surface area contributed by atoms with Crippen molar-refractivity contribution in [1.29, 1.82) is 0 Å². The zero-order valence-corrected chi connectivity index (χ0v) is 20.7. The van der Waals surface area contributed by atoms with Gasteiger partial charge >= 0.3 is 0 Å². The lowest BCUT2D eigenvalue weighted by molar-refractivity contribution is -0.123. The van der Waals surface area contributed by atoms with Gasteiger partial charge in [0.15, 0.2) is 0 Å². The van der Waals surface area contributed by atoms with Crippen LogP contribution in [0.5, 0.6) is 11.5 Å². The molecule has 0 fully saturated rings. The van der Waals surface area contributed by atoms with Crippen molar-refractivity contribution in [2.45, 2.75) is 19.4 Å². The smallest absolute Gasteiger partial charge is 0.217 e. The van der Waals surface area contributed by atoms with E-state index in [0.717, 1.165) is 27.7 Å². The van der Waals surface area contributed by atoms with Crippen molar-refractivity contribution in [1.82, 2.24) is 5.32 Å². The van der Waals surface area contributed by atoms with Gasteiger partial charge < -0.3 is 14.8 Å². The van der Waals surface area contributed by atoms with Crippen molar-refractivity contribution >= 4 is 41.3 Å². The van der Waals surface area contributed by atoms with Crippen molar-refractivity contribution < 1.29 is 19.1 Å². The molecule has 0 aliphatic rings. The summed E-state index contributed by atoms with van der Waals surface area (Å²) in [6.45, 7) is 1.44. The van der Waals surface area contributed by atoms with E-state index in [9.17, 15) is 9.59 Å². The number of methoxy groups -OCH3 is 2. The summed E-state index contributed by atoms with van der Waals surface area (Å²) >= 11 is 1.28. The Labute approximate surface area is 200 Å². The molecule has 1 amide bonds. The van der Waals surface area contributed by atoms with E-state index in [1.165, 1.54) is 18.7 Å². The fourth-order valence-electron chi connectivity index (χ4n) is 3.34. The van der Waals surface area contributed by atoms with Crippen LogP contribution in [0.2, 0.25) is 0 Å². The van der Waals surface area contributed by atoms with E-state index in [4.69, 9.17) is 9.47 Å². The van der Waals surface area contributed by atoms with Crippen LogP contribution in [-0.4, -0.2) is 36.8 Å². The highest BCUT2D eigenvalue weighted by Gasteiger charge is 2.23. The lowest BCUT2D eigenvalue weighted by atomic mass is 10.1. The number of benzene rings is 3. The second kappa shape index (κ2) is 12.4. The standard InChI is InChI=1S/C26H28NO4PS/c1-19(28)27-25(17-20-7-5-4-6-8-20)26(29)33-18-32(23-13-9-21(30-2)10-14-23)24-15-11-22(31-3)12-16-24/h4-16,25H,17-18H2,1-3H3,(H,27,28)/t25-/m0/s1. The fraction of sp³-hybridized carbons (Fsp3) is 0.231. The molecule has 172 valence electrons. The first-order valence-electron chi connectivity index (χ1n) is 10.5. The van der Waals surface area contributed by atoms with Crippen molar-refractivity contribution in [3.05, 3.63) is 84.4 Å². The van der Waals surface area contributed by atoms with Gasteiger partial charge in [-0.2, -0.15) is 0 Å². The molecule has 0 saturated heterocycles. The first kappa shape index (κ1) is 24.8. The molecule has 0 aliphatic heterocycles. The molecule has 0 spiro atoms. The van der Waals surface area contributed by atoms with Crippen molar-refractivity contribution in [2.24, 2.45) is 0 Å². The summed E-state index contributed by atoms with van der Waals surface area (Å²) < 4.78 is 10.6. The Morgan fingerprint density at radius 3 is 1.82 bits per heavy atom. The number of amides is 1. The maximum absolute atomic E-state index is 13.2. The van der Waals surface area contributed by atoms with E-state index in [2.05, 4.69) is 29.6 Å². The van der Waals surface area contributed by atoms with E-state index in [-0.39, 0.29) is 11.0 Å². The molecule has 0 unspecified atom stereocenters. The third-order valence-electron chi connectivity index (χ3n) is 5.05. The van der Waals surface area contributed by atoms with Crippen LogP contribution in [0.25, 0.3) is 0 Å². The van der Waals surface area contributed by atoms with E-state index in [1.807, 2.05) is 54.6 Å². The zero-order chi connectivity index (χ0) is 23.6. The second-order valence-corrected chi connectivity index (χ2v) is 11.0. The Balaban J connectivity index is 1.79. The summed E-state index contributed by atoms with van der Waals surface area (Å²) in [5.41, 5.74) is 1.62. The largest absolute Gasteiger partial charge is 0.497 e. The minimum Gasteiger partial charge on any atom is -0.497 e. The van der Waals surface area contributed by atoms with Gasteiger partial charge in [-0.25, -0.2) is 0 Å². The third kappa shape index (κ3) is 7.34. The summed E-state index contributed by atoms with van der Waals surface area (Å²) in [5.74, 6) is 1.37. The van der Waals surface area contributed by atoms with Crippen LogP contribution in [0.1, 0.15) is 12.5 Å². The molecule has 5 nitrogen and oxygen atoms in total. The molecular formula is C26H28NO4PS. The van der Waals surface area contributed by atoms with E-state index in [1.54, 1.807) is 14.2 Å². The Morgan fingerprint density at radius 2 is 1.36 bits per heavy atom. The van der Waals surface area contributed by atoms with Gasteiger partial charge in [0.1, 0.15) is 17.5 Å². The van der Waals surface area contributed by atoms with Crippen LogP contribution in [0, 0.1) is 0 Å². The monoisotopic (exact) mass is 481 g/mol. The average molecular weight is 482 g/mol. The Morgan fingerprint density at radius 1 is 0.848 bits per heavy atom. The maximum atomic E-state index is 13.2. The highest BCUT2D eigenvalue weighted by molar-refractivity contribution is 8.18. The number of hydrogen-bond donors (Lipinski definition) is 1. The van der Waals surface area contributed by atoms with Crippen LogP contribution in [0.3, 0.4) is 0 Å². The van der Waals surface area contributed by atoms with E-state index >= 15 is 0 Å². The van der Waals surface area contributed by atoms with Gasteiger partial charge in [-0.1, -0.05) is 66.4 Å². The number of thioether (sulfide) groups is 1. The maximum Gasteiger partial charge on any atom is 0.217 e. The SMILES string of the molecule is COc1ccc(P(CSC(=O)[C@H](Cc2ccccc2)NC(C)=O)c2ccc(OC)cc2)cc1.